The molecule has 5 nitrogen and oxygen atoms in total. The maximum atomic E-state index is 12.3. The number of benzene rings is 1. The van der Waals surface area contributed by atoms with Crippen molar-refractivity contribution in [2.24, 2.45) is 0 Å². The van der Waals surface area contributed by atoms with Gasteiger partial charge < -0.3 is 5.73 Å². The van der Waals surface area contributed by atoms with Gasteiger partial charge in [0.25, 0.3) is 11.8 Å². The average molecular weight is 274 g/mol. The molecule has 0 aliphatic carbocycles. The Morgan fingerprint density at radius 3 is 2.58 bits per heavy atom. The van der Waals surface area contributed by atoms with E-state index in [1.807, 2.05) is 0 Å². The Morgan fingerprint density at radius 1 is 1.11 bits per heavy atom. The highest BCUT2D eigenvalue weighted by molar-refractivity contribution is 6.40. The van der Waals surface area contributed by atoms with E-state index in [-0.39, 0.29) is 27.7 Å². The fourth-order valence-electron chi connectivity index (χ4n) is 2.05. The lowest BCUT2D eigenvalue weighted by atomic mass is 10.1. The number of carbonyl (C=O) groups is 2. The molecule has 0 atom stereocenters. The van der Waals surface area contributed by atoms with E-state index < -0.39 is 11.8 Å². The molecule has 0 spiro atoms. The predicted molar refractivity (Wildman–Crippen MR) is 71.2 cm³/mol. The highest BCUT2D eigenvalue weighted by Crippen LogP contribution is 2.33. The van der Waals surface area contributed by atoms with E-state index in [1.54, 1.807) is 30.3 Å². The Labute approximate surface area is 113 Å². The van der Waals surface area contributed by atoms with E-state index in [2.05, 4.69) is 4.98 Å². The van der Waals surface area contributed by atoms with Crippen molar-refractivity contribution >= 4 is 34.9 Å². The minimum atomic E-state index is -0.501. The first kappa shape index (κ1) is 11.7. The van der Waals surface area contributed by atoms with Crippen LogP contribution in [0.15, 0.2) is 36.5 Å². The van der Waals surface area contributed by atoms with Gasteiger partial charge in [0, 0.05) is 11.9 Å². The van der Waals surface area contributed by atoms with Gasteiger partial charge >= 0.3 is 0 Å². The van der Waals surface area contributed by atoms with Gasteiger partial charge in [0.2, 0.25) is 0 Å². The lowest BCUT2D eigenvalue weighted by Gasteiger charge is -2.13. The molecular formula is C13H8ClN3O2. The molecule has 2 amide bonds. The molecule has 0 fully saturated rings. The average Bonchev–Trinajstić information content (AvgIpc) is 2.64. The van der Waals surface area contributed by atoms with Crippen LogP contribution in [0.25, 0.3) is 0 Å². The number of rotatable bonds is 1. The van der Waals surface area contributed by atoms with Crippen LogP contribution in [-0.4, -0.2) is 16.8 Å². The normalized spacial score (nSPS) is 13.8. The number of nitrogen functional groups attached to an aromatic ring is 1. The SMILES string of the molecule is Nc1cccc2c1C(=O)N(c1ncccc1Cl)C2=O. The number of pyridine rings is 1. The van der Waals surface area contributed by atoms with Gasteiger partial charge in [-0.3, -0.25) is 9.59 Å². The fraction of sp³-hybridized carbons (Fsp3) is 0. The van der Waals surface area contributed by atoms with Gasteiger partial charge in [-0.25, -0.2) is 9.88 Å². The second-order valence-corrected chi connectivity index (χ2v) is 4.43. The van der Waals surface area contributed by atoms with E-state index in [0.717, 1.165) is 4.90 Å². The Morgan fingerprint density at radius 2 is 1.89 bits per heavy atom. The van der Waals surface area contributed by atoms with E-state index >= 15 is 0 Å². The zero-order valence-electron chi connectivity index (χ0n) is 9.63. The highest BCUT2D eigenvalue weighted by Gasteiger charge is 2.39. The number of nitrogens with two attached hydrogens (primary N) is 1. The van der Waals surface area contributed by atoms with Crippen LogP contribution in [0.1, 0.15) is 20.7 Å². The third-order valence-corrected chi connectivity index (χ3v) is 3.19. The van der Waals surface area contributed by atoms with Crippen LogP contribution in [0.2, 0.25) is 5.02 Å². The van der Waals surface area contributed by atoms with Gasteiger partial charge in [0.05, 0.1) is 16.1 Å². The summed E-state index contributed by atoms with van der Waals surface area (Å²) in [6, 6.07) is 7.95. The first-order valence-corrected chi connectivity index (χ1v) is 5.87. The molecule has 6 heteroatoms. The number of fused-ring (bicyclic) bond motifs is 1. The highest BCUT2D eigenvalue weighted by atomic mass is 35.5. The summed E-state index contributed by atoms with van der Waals surface area (Å²) < 4.78 is 0. The minimum Gasteiger partial charge on any atom is -0.398 e. The number of hydrogen-bond donors (Lipinski definition) is 1. The number of hydrogen-bond acceptors (Lipinski definition) is 4. The Hall–Kier alpha value is -2.40. The van der Waals surface area contributed by atoms with Gasteiger partial charge in [-0.1, -0.05) is 17.7 Å². The van der Waals surface area contributed by atoms with Crippen LogP contribution in [0, 0.1) is 0 Å². The van der Waals surface area contributed by atoms with Crippen molar-refractivity contribution < 1.29 is 9.59 Å². The van der Waals surface area contributed by atoms with Crippen LogP contribution in [0.5, 0.6) is 0 Å². The number of halogens is 1. The number of aromatic nitrogens is 1. The smallest absolute Gasteiger partial charge is 0.269 e. The Bertz CT molecular complexity index is 715. The third-order valence-electron chi connectivity index (χ3n) is 2.90. The fourth-order valence-corrected chi connectivity index (χ4v) is 2.25. The maximum absolute atomic E-state index is 12.3. The van der Waals surface area contributed by atoms with Crippen molar-refractivity contribution in [3.05, 3.63) is 52.7 Å². The summed E-state index contributed by atoms with van der Waals surface area (Å²) in [5, 5.41) is 0.232. The number of imide groups is 1. The molecule has 1 aliphatic heterocycles. The summed E-state index contributed by atoms with van der Waals surface area (Å²) >= 11 is 5.98. The van der Waals surface area contributed by atoms with Crippen molar-refractivity contribution in [2.45, 2.75) is 0 Å². The van der Waals surface area contributed by atoms with Crippen molar-refractivity contribution in [1.82, 2.24) is 4.98 Å². The van der Waals surface area contributed by atoms with Crippen molar-refractivity contribution in [3.63, 3.8) is 0 Å². The van der Waals surface area contributed by atoms with Crippen LogP contribution < -0.4 is 10.6 Å². The standard InChI is InChI=1S/C13H8ClN3O2/c14-8-4-2-6-16-11(8)17-12(18)7-3-1-5-9(15)10(7)13(17)19/h1-6H,15H2. The third kappa shape index (κ3) is 1.59. The largest absolute Gasteiger partial charge is 0.398 e. The van der Waals surface area contributed by atoms with Crippen molar-refractivity contribution in [3.8, 4) is 0 Å². The second-order valence-electron chi connectivity index (χ2n) is 4.02. The Kier molecular flexibility index (Phi) is 2.50. The number of amides is 2. The lowest BCUT2D eigenvalue weighted by Crippen LogP contribution is -2.30. The molecule has 0 bridgehead atoms. The van der Waals surface area contributed by atoms with Gasteiger partial charge in [0.1, 0.15) is 0 Å². The van der Waals surface area contributed by atoms with Gasteiger partial charge in [0.15, 0.2) is 5.82 Å². The van der Waals surface area contributed by atoms with Crippen LogP contribution in [0.3, 0.4) is 0 Å². The molecule has 19 heavy (non-hydrogen) atoms. The van der Waals surface area contributed by atoms with Gasteiger partial charge in [-0.2, -0.15) is 0 Å². The van der Waals surface area contributed by atoms with Crippen molar-refractivity contribution in [2.75, 3.05) is 10.6 Å². The maximum Gasteiger partial charge on any atom is 0.269 e. The monoisotopic (exact) mass is 273 g/mol. The number of anilines is 2. The molecule has 2 N–H and O–H groups in total. The molecule has 0 radical (unpaired) electrons. The lowest BCUT2D eigenvalue weighted by molar-refractivity contribution is 0.0925. The molecular weight excluding hydrogens is 266 g/mol. The molecule has 0 unspecified atom stereocenters. The summed E-state index contributed by atoms with van der Waals surface area (Å²) in [6.45, 7) is 0. The topological polar surface area (TPSA) is 76.3 Å². The molecule has 0 saturated carbocycles. The van der Waals surface area contributed by atoms with Crippen LogP contribution >= 0.6 is 11.6 Å². The summed E-state index contributed by atoms with van der Waals surface area (Å²) in [5.41, 5.74) is 6.49. The summed E-state index contributed by atoms with van der Waals surface area (Å²) in [5.74, 6) is -0.846. The molecule has 0 saturated heterocycles. The quantitative estimate of drug-likeness (QED) is 0.638. The molecule has 94 valence electrons. The van der Waals surface area contributed by atoms with E-state index in [9.17, 15) is 9.59 Å². The number of carbonyl (C=O) groups excluding carboxylic acids is 2. The second kappa shape index (κ2) is 4.07. The van der Waals surface area contributed by atoms with E-state index in [4.69, 9.17) is 17.3 Å². The van der Waals surface area contributed by atoms with Gasteiger partial charge in [-0.05, 0) is 24.3 Å². The summed E-state index contributed by atoms with van der Waals surface area (Å²) in [7, 11) is 0. The Balaban J connectivity index is 2.19. The van der Waals surface area contributed by atoms with Gasteiger partial charge in [-0.15, -0.1) is 0 Å². The van der Waals surface area contributed by atoms with Crippen molar-refractivity contribution in [1.29, 1.82) is 0 Å². The molecule has 3 rings (SSSR count). The molecule has 1 aromatic heterocycles. The molecule has 1 aromatic carbocycles. The van der Waals surface area contributed by atoms with Crippen LogP contribution in [0.4, 0.5) is 11.5 Å². The zero-order chi connectivity index (χ0) is 13.6. The molecule has 2 heterocycles. The van der Waals surface area contributed by atoms with E-state index in [1.165, 1.54) is 6.20 Å². The number of nitrogens with zero attached hydrogens (tertiary/aromatic N) is 2. The summed E-state index contributed by atoms with van der Waals surface area (Å²) in [6.07, 6.45) is 1.47. The zero-order valence-corrected chi connectivity index (χ0v) is 10.4. The summed E-state index contributed by atoms with van der Waals surface area (Å²) in [4.78, 5) is 29.5. The first-order chi connectivity index (χ1) is 9.11. The van der Waals surface area contributed by atoms with E-state index in [0.29, 0.717) is 0 Å². The molecule has 1 aliphatic rings. The minimum absolute atomic E-state index is 0.120. The molecule has 2 aromatic rings. The predicted octanol–water partition coefficient (Wildman–Crippen LogP) is 2.12. The van der Waals surface area contributed by atoms with Crippen LogP contribution in [-0.2, 0) is 0 Å². The first-order valence-electron chi connectivity index (χ1n) is 5.49.